The maximum atomic E-state index is 11.3. The van der Waals surface area contributed by atoms with Crippen LogP contribution < -0.4 is 10.4 Å². The standard InChI is InChI=1S/C20H16N2O4/c1-2-13-3-5-15(6-4-13)20-21-18(26-22-20)12-24-16-9-7-14-8-10-19(23)25-17(14)11-16/h3-11H,2,12H2,1H3. The van der Waals surface area contributed by atoms with Crippen molar-refractivity contribution < 1.29 is 13.7 Å². The van der Waals surface area contributed by atoms with Crippen LogP contribution in [0, 0.1) is 0 Å². The summed E-state index contributed by atoms with van der Waals surface area (Å²) in [4.78, 5) is 15.7. The molecule has 6 nitrogen and oxygen atoms in total. The predicted molar refractivity (Wildman–Crippen MR) is 95.9 cm³/mol. The van der Waals surface area contributed by atoms with E-state index in [0.29, 0.717) is 23.0 Å². The molecule has 0 fully saturated rings. The van der Waals surface area contributed by atoms with Gasteiger partial charge in [-0.2, -0.15) is 4.98 Å². The topological polar surface area (TPSA) is 78.4 Å². The Bertz CT molecular complexity index is 1100. The van der Waals surface area contributed by atoms with Gasteiger partial charge in [0.2, 0.25) is 5.82 Å². The summed E-state index contributed by atoms with van der Waals surface area (Å²) in [7, 11) is 0. The van der Waals surface area contributed by atoms with Crippen LogP contribution in [0.5, 0.6) is 5.75 Å². The molecular weight excluding hydrogens is 332 g/mol. The lowest BCUT2D eigenvalue weighted by atomic mass is 10.1. The van der Waals surface area contributed by atoms with Gasteiger partial charge in [0.1, 0.15) is 11.3 Å². The fourth-order valence-corrected chi connectivity index (χ4v) is 2.60. The molecule has 0 radical (unpaired) electrons. The lowest BCUT2D eigenvalue weighted by Gasteiger charge is -2.03. The molecule has 0 saturated heterocycles. The van der Waals surface area contributed by atoms with Crippen LogP contribution in [0.4, 0.5) is 0 Å². The summed E-state index contributed by atoms with van der Waals surface area (Å²) in [6.45, 7) is 2.24. The van der Waals surface area contributed by atoms with Gasteiger partial charge < -0.3 is 13.7 Å². The average Bonchev–Trinajstić information content (AvgIpc) is 3.15. The summed E-state index contributed by atoms with van der Waals surface area (Å²) in [5.41, 5.74) is 2.22. The number of nitrogens with zero attached hydrogens (tertiary/aromatic N) is 2. The van der Waals surface area contributed by atoms with Gasteiger partial charge in [0, 0.05) is 23.1 Å². The number of ether oxygens (including phenoxy) is 1. The molecule has 0 bridgehead atoms. The van der Waals surface area contributed by atoms with Gasteiger partial charge in [-0.15, -0.1) is 0 Å². The van der Waals surface area contributed by atoms with Crippen LogP contribution in [0.1, 0.15) is 18.4 Å². The van der Waals surface area contributed by atoms with Crippen LogP contribution in [-0.4, -0.2) is 10.1 Å². The van der Waals surface area contributed by atoms with Crippen molar-refractivity contribution in [2.24, 2.45) is 0 Å². The molecule has 26 heavy (non-hydrogen) atoms. The first-order valence-corrected chi connectivity index (χ1v) is 8.30. The fourth-order valence-electron chi connectivity index (χ4n) is 2.60. The highest BCUT2D eigenvalue weighted by Crippen LogP contribution is 2.21. The summed E-state index contributed by atoms with van der Waals surface area (Å²) in [6, 6.07) is 16.4. The van der Waals surface area contributed by atoms with Crippen LogP contribution in [0.2, 0.25) is 0 Å². The lowest BCUT2D eigenvalue weighted by molar-refractivity contribution is 0.243. The Morgan fingerprint density at radius 1 is 1.04 bits per heavy atom. The first-order valence-electron chi connectivity index (χ1n) is 8.30. The third kappa shape index (κ3) is 3.35. The van der Waals surface area contributed by atoms with Gasteiger partial charge in [-0.1, -0.05) is 36.3 Å². The fraction of sp³-hybridized carbons (Fsp3) is 0.150. The molecule has 6 heteroatoms. The minimum Gasteiger partial charge on any atom is -0.484 e. The number of rotatable bonds is 5. The molecule has 130 valence electrons. The van der Waals surface area contributed by atoms with Gasteiger partial charge in [-0.3, -0.25) is 0 Å². The van der Waals surface area contributed by atoms with Crippen molar-refractivity contribution in [1.29, 1.82) is 0 Å². The zero-order valence-electron chi connectivity index (χ0n) is 14.1. The summed E-state index contributed by atoms with van der Waals surface area (Å²) < 4.78 is 16.1. The molecule has 0 amide bonds. The van der Waals surface area contributed by atoms with E-state index in [1.807, 2.05) is 30.3 Å². The van der Waals surface area contributed by atoms with Crippen molar-refractivity contribution >= 4 is 11.0 Å². The van der Waals surface area contributed by atoms with Crippen molar-refractivity contribution in [2.45, 2.75) is 20.0 Å². The maximum Gasteiger partial charge on any atom is 0.336 e. The van der Waals surface area contributed by atoms with Gasteiger partial charge in [0.05, 0.1) is 0 Å². The van der Waals surface area contributed by atoms with Crippen LogP contribution in [0.3, 0.4) is 0 Å². The van der Waals surface area contributed by atoms with E-state index in [4.69, 9.17) is 13.7 Å². The first-order chi connectivity index (χ1) is 12.7. The molecule has 0 spiro atoms. The highest BCUT2D eigenvalue weighted by Gasteiger charge is 2.10. The minimum atomic E-state index is -0.398. The molecule has 2 aromatic heterocycles. The lowest BCUT2D eigenvalue weighted by Crippen LogP contribution is -1.97. The summed E-state index contributed by atoms with van der Waals surface area (Å²) in [5.74, 6) is 1.45. The quantitative estimate of drug-likeness (QED) is 0.508. The highest BCUT2D eigenvalue weighted by atomic mass is 16.5. The van der Waals surface area contributed by atoms with Gasteiger partial charge in [0.15, 0.2) is 6.61 Å². The Hall–Kier alpha value is -3.41. The molecule has 4 aromatic rings. The Balaban J connectivity index is 1.48. The smallest absolute Gasteiger partial charge is 0.336 e. The van der Waals surface area contributed by atoms with Crippen molar-refractivity contribution in [1.82, 2.24) is 10.1 Å². The van der Waals surface area contributed by atoms with E-state index in [9.17, 15) is 4.79 Å². The Morgan fingerprint density at radius 3 is 2.65 bits per heavy atom. The van der Waals surface area contributed by atoms with E-state index in [1.54, 1.807) is 18.2 Å². The van der Waals surface area contributed by atoms with Gasteiger partial charge >= 0.3 is 5.63 Å². The average molecular weight is 348 g/mol. The Labute approximate surface area is 149 Å². The predicted octanol–water partition coefficient (Wildman–Crippen LogP) is 3.98. The van der Waals surface area contributed by atoms with Crippen LogP contribution in [0.25, 0.3) is 22.4 Å². The molecule has 0 atom stereocenters. The Kier molecular flexibility index (Phi) is 4.23. The second-order valence-electron chi connectivity index (χ2n) is 5.80. The van der Waals surface area contributed by atoms with Gasteiger partial charge in [-0.05, 0) is 30.2 Å². The third-order valence-electron chi connectivity index (χ3n) is 4.05. The second-order valence-corrected chi connectivity index (χ2v) is 5.80. The normalized spacial score (nSPS) is 11.0. The first kappa shape index (κ1) is 16.1. The van der Waals surface area contributed by atoms with Gasteiger partial charge in [0.25, 0.3) is 5.89 Å². The van der Waals surface area contributed by atoms with Crippen molar-refractivity contribution in [3.05, 3.63) is 76.5 Å². The highest BCUT2D eigenvalue weighted by molar-refractivity contribution is 5.77. The van der Waals surface area contributed by atoms with Crippen LogP contribution in [-0.2, 0) is 13.0 Å². The number of hydrogen-bond acceptors (Lipinski definition) is 6. The van der Waals surface area contributed by atoms with Crippen molar-refractivity contribution in [2.75, 3.05) is 0 Å². The van der Waals surface area contributed by atoms with E-state index >= 15 is 0 Å². The van der Waals surface area contributed by atoms with Crippen molar-refractivity contribution in [3.63, 3.8) is 0 Å². The zero-order chi connectivity index (χ0) is 17.9. The maximum absolute atomic E-state index is 11.3. The number of aromatic nitrogens is 2. The van der Waals surface area contributed by atoms with E-state index < -0.39 is 5.63 Å². The molecule has 0 aliphatic carbocycles. The molecule has 0 N–H and O–H groups in total. The molecule has 0 aliphatic rings. The van der Waals surface area contributed by atoms with Crippen molar-refractivity contribution in [3.8, 4) is 17.1 Å². The second kappa shape index (κ2) is 6.84. The molecule has 2 aromatic carbocycles. The number of aryl methyl sites for hydroxylation is 1. The Morgan fingerprint density at radius 2 is 1.85 bits per heavy atom. The third-order valence-corrected chi connectivity index (χ3v) is 4.05. The molecule has 0 aliphatic heterocycles. The minimum absolute atomic E-state index is 0.128. The van der Waals surface area contributed by atoms with E-state index in [1.165, 1.54) is 11.6 Å². The molecule has 4 rings (SSSR count). The van der Waals surface area contributed by atoms with Crippen LogP contribution in [0.15, 0.2) is 68.3 Å². The van der Waals surface area contributed by atoms with E-state index in [2.05, 4.69) is 17.1 Å². The molecular formula is C20H16N2O4. The zero-order valence-corrected chi connectivity index (χ0v) is 14.1. The van der Waals surface area contributed by atoms with Gasteiger partial charge in [-0.25, -0.2) is 4.79 Å². The SMILES string of the molecule is CCc1ccc(-c2noc(COc3ccc4ccc(=O)oc4c3)n2)cc1. The summed E-state index contributed by atoms with van der Waals surface area (Å²) in [6.07, 6.45) is 0.984. The van der Waals surface area contributed by atoms with E-state index in [-0.39, 0.29) is 6.61 Å². The number of hydrogen-bond donors (Lipinski definition) is 0. The summed E-state index contributed by atoms with van der Waals surface area (Å²) >= 11 is 0. The largest absolute Gasteiger partial charge is 0.484 e. The van der Waals surface area contributed by atoms with E-state index in [0.717, 1.165) is 17.4 Å². The monoisotopic (exact) mass is 348 g/mol. The number of fused-ring (bicyclic) bond motifs is 1. The molecule has 0 unspecified atom stereocenters. The molecule has 2 heterocycles. The molecule has 0 saturated carbocycles. The summed E-state index contributed by atoms with van der Waals surface area (Å²) in [5, 5.41) is 4.82. The van der Waals surface area contributed by atoms with Crippen LogP contribution >= 0.6 is 0 Å². The number of benzene rings is 2.